The molecule has 192 valence electrons. The summed E-state index contributed by atoms with van der Waals surface area (Å²) in [6, 6.07) is 13.2. The van der Waals surface area contributed by atoms with Crippen molar-refractivity contribution in [3.63, 3.8) is 0 Å². The van der Waals surface area contributed by atoms with Crippen molar-refractivity contribution < 1.29 is 27.8 Å². The molecule has 7 nitrogen and oxygen atoms in total. The van der Waals surface area contributed by atoms with Crippen LogP contribution in [0.3, 0.4) is 0 Å². The van der Waals surface area contributed by atoms with Gasteiger partial charge in [0.2, 0.25) is 0 Å². The number of carboxylic acids is 1. The van der Waals surface area contributed by atoms with Gasteiger partial charge in [-0.05, 0) is 61.4 Å². The van der Waals surface area contributed by atoms with Crippen LogP contribution in [-0.4, -0.2) is 40.4 Å². The normalized spacial score (nSPS) is 12.1. The monoisotopic (exact) mass is 562 g/mol. The van der Waals surface area contributed by atoms with E-state index in [0.29, 0.717) is 28.1 Å². The molecule has 0 saturated carbocycles. The molecule has 2 N–H and O–H groups in total. The minimum atomic E-state index is -3.82. The molecule has 0 saturated heterocycles. The fourth-order valence-corrected chi connectivity index (χ4v) is 5.17. The second-order valence-corrected chi connectivity index (χ2v) is 11.7. The molecule has 1 heterocycles. The Kier molecular flexibility index (Phi) is 6.94. The zero-order valence-corrected chi connectivity index (χ0v) is 22.2. The van der Waals surface area contributed by atoms with Gasteiger partial charge in [-0.1, -0.05) is 41.4 Å². The average molecular weight is 563 g/mol. The molecule has 0 amide bonds. The number of carbonyl (C=O) groups is 1. The van der Waals surface area contributed by atoms with Crippen LogP contribution in [0, 0.1) is 5.82 Å². The molecule has 0 aliphatic heterocycles. The van der Waals surface area contributed by atoms with E-state index in [9.17, 15) is 27.8 Å². The smallest absolute Gasteiger partial charge is 0.337 e. The summed E-state index contributed by atoms with van der Waals surface area (Å²) in [4.78, 5) is 15.7. The van der Waals surface area contributed by atoms with Crippen LogP contribution in [-0.2, 0) is 15.4 Å². The molecule has 0 aliphatic carbocycles. The third-order valence-corrected chi connectivity index (χ3v) is 7.50. The molecule has 0 atom stereocenters. The molecular weight excluding hydrogens is 542 g/mol. The van der Waals surface area contributed by atoms with Crippen LogP contribution in [0.4, 0.5) is 4.39 Å². The number of aromatic carboxylic acids is 1. The number of imidazole rings is 1. The van der Waals surface area contributed by atoms with E-state index in [-0.39, 0.29) is 26.3 Å². The topological polar surface area (TPSA) is 109 Å². The molecule has 1 aromatic heterocycles. The highest BCUT2D eigenvalue weighted by molar-refractivity contribution is 7.90. The Morgan fingerprint density at radius 3 is 2.30 bits per heavy atom. The molecule has 0 spiro atoms. The van der Waals surface area contributed by atoms with Crippen molar-refractivity contribution >= 4 is 39.0 Å². The first kappa shape index (κ1) is 26.8. The first-order valence-corrected chi connectivity index (χ1v) is 13.5. The van der Waals surface area contributed by atoms with E-state index in [1.54, 1.807) is 48.9 Å². The maximum Gasteiger partial charge on any atom is 0.337 e. The van der Waals surface area contributed by atoms with Gasteiger partial charge in [-0.15, -0.1) is 0 Å². The SMILES string of the molecule is CC(C)(O)c1cn(-c2ccc(-c3ccc(C(=O)O)c(S(C)(=O)=O)c3)cc2Cl)c(-c2cccc(F)c2Cl)n1. The lowest BCUT2D eigenvalue weighted by Gasteiger charge is -2.14. The van der Waals surface area contributed by atoms with Gasteiger partial charge < -0.3 is 10.2 Å². The van der Waals surface area contributed by atoms with Gasteiger partial charge >= 0.3 is 5.97 Å². The minimum Gasteiger partial charge on any atom is -0.478 e. The lowest BCUT2D eigenvalue weighted by atomic mass is 10.0. The first-order chi connectivity index (χ1) is 17.2. The summed E-state index contributed by atoms with van der Waals surface area (Å²) in [6.07, 6.45) is 2.51. The van der Waals surface area contributed by atoms with Crippen molar-refractivity contribution in [2.75, 3.05) is 6.26 Å². The van der Waals surface area contributed by atoms with Crippen molar-refractivity contribution in [3.8, 4) is 28.2 Å². The van der Waals surface area contributed by atoms with Crippen LogP contribution >= 0.6 is 23.2 Å². The van der Waals surface area contributed by atoms with Crippen molar-refractivity contribution in [2.45, 2.75) is 24.3 Å². The highest BCUT2D eigenvalue weighted by atomic mass is 35.5. The number of hydrogen-bond donors (Lipinski definition) is 2. The van der Waals surface area contributed by atoms with E-state index in [1.807, 2.05) is 0 Å². The lowest BCUT2D eigenvalue weighted by molar-refractivity contribution is 0.0691. The summed E-state index contributed by atoms with van der Waals surface area (Å²) >= 11 is 12.9. The van der Waals surface area contributed by atoms with Gasteiger partial charge in [0, 0.05) is 18.0 Å². The predicted octanol–water partition coefficient (Wildman–Crippen LogP) is 5.98. The number of aliphatic hydroxyl groups is 1. The number of rotatable bonds is 6. The van der Waals surface area contributed by atoms with E-state index >= 15 is 0 Å². The number of halogens is 3. The lowest BCUT2D eigenvalue weighted by Crippen LogP contribution is -2.15. The van der Waals surface area contributed by atoms with Crippen molar-refractivity contribution in [3.05, 3.63) is 87.9 Å². The van der Waals surface area contributed by atoms with E-state index in [1.165, 1.54) is 30.3 Å². The summed E-state index contributed by atoms with van der Waals surface area (Å²) in [5.74, 6) is -1.74. The maximum absolute atomic E-state index is 14.2. The third kappa shape index (κ3) is 5.26. The van der Waals surface area contributed by atoms with Crippen molar-refractivity contribution in [2.24, 2.45) is 0 Å². The van der Waals surface area contributed by atoms with E-state index in [0.717, 1.165) is 6.26 Å². The quantitative estimate of drug-likeness (QED) is 0.299. The van der Waals surface area contributed by atoms with Crippen LogP contribution in [0.5, 0.6) is 0 Å². The Morgan fingerprint density at radius 1 is 1.05 bits per heavy atom. The molecule has 0 fully saturated rings. The number of hydrogen-bond acceptors (Lipinski definition) is 5. The Bertz CT molecular complexity index is 1660. The fourth-order valence-electron chi connectivity index (χ4n) is 3.79. The molecule has 0 radical (unpaired) electrons. The van der Waals surface area contributed by atoms with Gasteiger partial charge in [0.25, 0.3) is 0 Å². The predicted molar refractivity (Wildman–Crippen MR) is 140 cm³/mol. The largest absolute Gasteiger partial charge is 0.478 e. The number of sulfone groups is 1. The standard InChI is InChI=1S/C26H21Cl2FN2O5S/c1-26(2,34)22-13-31(24(30-22)17-5-4-6-19(29)23(17)28)20-10-8-14(11-18(20)27)15-7-9-16(25(32)33)21(12-15)37(3,35)36/h4-13,34H,1-3H3,(H,32,33). The van der Waals surface area contributed by atoms with Crippen molar-refractivity contribution in [1.82, 2.24) is 9.55 Å². The highest BCUT2D eigenvalue weighted by Crippen LogP contribution is 2.36. The molecule has 4 aromatic rings. The van der Waals surface area contributed by atoms with Crippen LogP contribution in [0.25, 0.3) is 28.2 Å². The Hall–Kier alpha value is -3.24. The van der Waals surface area contributed by atoms with Gasteiger partial charge in [0.1, 0.15) is 17.2 Å². The van der Waals surface area contributed by atoms with Gasteiger partial charge in [0.05, 0.1) is 31.9 Å². The van der Waals surface area contributed by atoms with E-state index in [4.69, 9.17) is 23.2 Å². The van der Waals surface area contributed by atoms with E-state index < -0.39 is 27.2 Å². The molecule has 37 heavy (non-hydrogen) atoms. The second-order valence-electron chi connectivity index (χ2n) is 8.93. The minimum absolute atomic E-state index is 0.142. The summed E-state index contributed by atoms with van der Waals surface area (Å²) in [6.45, 7) is 3.11. The Balaban J connectivity index is 1.88. The van der Waals surface area contributed by atoms with Gasteiger partial charge in [-0.3, -0.25) is 4.57 Å². The van der Waals surface area contributed by atoms with Gasteiger partial charge in [-0.25, -0.2) is 22.6 Å². The number of benzene rings is 3. The van der Waals surface area contributed by atoms with Crippen molar-refractivity contribution in [1.29, 1.82) is 0 Å². The molecule has 0 unspecified atom stereocenters. The first-order valence-electron chi connectivity index (χ1n) is 10.8. The molecular formula is C26H21Cl2FN2O5S. The van der Waals surface area contributed by atoms with Crippen LogP contribution in [0.1, 0.15) is 29.9 Å². The summed E-state index contributed by atoms with van der Waals surface area (Å²) < 4.78 is 40.2. The summed E-state index contributed by atoms with van der Waals surface area (Å²) in [7, 11) is -3.82. The molecule has 0 bridgehead atoms. The van der Waals surface area contributed by atoms with Gasteiger partial charge in [-0.2, -0.15) is 0 Å². The molecule has 4 rings (SSSR count). The Morgan fingerprint density at radius 2 is 1.70 bits per heavy atom. The van der Waals surface area contributed by atoms with Crippen LogP contribution < -0.4 is 0 Å². The van der Waals surface area contributed by atoms with E-state index in [2.05, 4.69) is 4.98 Å². The highest BCUT2D eigenvalue weighted by Gasteiger charge is 2.25. The summed E-state index contributed by atoms with van der Waals surface area (Å²) in [5.41, 5.74) is 0.348. The number of carboxylic acid groups (broad SMARTS) is 1. The Labute approximate surface area is 222 Å². The molecule has 11 heteroatoms. The summed E-state index contributed by atoms with van der Waals surface area (Å²) in [5, 5.41) is 20.0. The fraction of sp³-hybridized carbons (Fsp3) is 0.154. The maximum atomic E-state index is 14.2. The second kappa shape index (κ2) is 9.57. The zero-order chi connectivity index (χ0) is 27.3. The zero-order valence-electron chi connectivity index (χ0n) is 19.8. The third-order valence-electron chi connectivity index (χ3n) is 5.68. The average Bonchev–Trinajstić information content (AvgIpc) is 3.25. The molecule has 0 aliphatic rings. The molecule has 3 aromatic carbocycles. The number of nitrogens with zero attached hydrogens (tertiary/aromatic N) is 2. The van der Waals surface area contributed by atoms with Crippen LogP contribution in [0.2, 0.25) is 10.0 Å². The van der Waals surface area contributed by atoms with Gasteiger partial charge in [0.15, 0.2) is 9.84 Å². The van der Waals surface area contributed by atoms with Crippen LogP contribution in [0.15, 0.2) is 65.7 Å². The number of aromatic nitrogens is 2.